The highest BCUT2D eigenvalue weighted by molar-refractivity contribution is 6.20. The van der Waals surface area contributed by atoms with E-state index in [1.165, 1.54) is 0 Å². The van der Waals surface area contributed by atoms with Gasteiger partial charge in [0.25, 0.3) is 0 Å². The molecule has 0 unspecified atom stereocenters. The maximum atomic E-state index is 12.1. The molecule has 0 saturated heterocycles. The predicted octanol–water partition coefficient (Wildman–Crippen LogP) is 2.98. The van der Waals surface area contributed by atoms with Crippen LogP contribution in [0.1, 0.15) is 32.8 Å². The molecule has 108 valence electrons. The van der Waals surface area contributed by atoms with E-state index in [-0.39, 0.29) is 18.8 Å². The second-order valence-electron chi connectivity index (χ2n) is 4.01. The zero-order valence-electron chi connectivity index (χ0n) is 12.1. The van der Waals surface area contributed by atoms with E-state index in [0.29, 0.717) is 12.0 Å². The highest BCUT2D eigenvalue weighted by Crippen LogP contribution is 2.24. The van der Waals surface area contributed by atoms with Crippen LogP contribution in [0.15, 0.2) is 35.9 Å². The molecule has 0 heterocycles. The molecule has 0 aromatic heterocycles. The minimum atomic E-state index is -0.633. The van der Waals surface area contributed by atoms with E-state index in [1.807, 2.05) is 37.3 Å². The van der Waals surface area contributed by atoms with Gasteiger partial charge in [0.05, 0.1) is 13.2 Å². The van der Waals surface area contributed by atoms with Crippen molar-refractivity contribution < 1.29 is 19.1 Å². The first-order valence-electron chi connectivity index (χ1n) is 6.78. The monoisotopic (exact) mass is 276 g/mol. The minimum absolute atomic E-state index is 0.0117. The number of hydrogen-bond donors (Lipinski definition) is 0. The Morgan fingerprint density at radius 3 is 1.80 bits per heavy atom. The average Bonchev–Trinajstić information content (AvgIpc) is 2.45. The van der Waals surface area contributed by atoms with Crippen LogP contribution in [0.4, 0.5) is 0 Å². The first-order valence-corrected chi connectivity index (χ1v) is 6.78. The molecule has 0 atom stereocenters. The van der Waals surface area contributed by atoms with Crippen LogP contribution in [-0.2, 0) is 19.1 Å². The Balaban J connectivity index is 3.32. The van der Waals surface area contributed by atoms with Gasteiger partial charge in [-0.05, 0) is 31.4 Å². The van der Waals surface area contributed by atoms with Crippen molar-refractivity contribution in [1.29, 1.82) is 0 Å². The summed E-state index contributed by atoms with van der Waals surface area (Å²) < 4.78 is 9.96. The number of ether oxygens (including phenoxy) is 2. The number of hydrogen-bond acceptors (Lipinski definition) is 4. The Kier molecular flexibility index (Phi) is 6.50. The van der Waals surface area contributed by atoms with E-state index >= 15 is 0 Å². The van der Waals surface area contributed by atoms with Crippen molar-refractivity contribution in [3.05, 3.63) is 41.5 Å². The number of carbonyl (C=O) groups is 2. The maximum absolute atomic E-state index is 12.1. The summed E-state index contributed by atoms with van der Waals surface area (Å²) in [6.07, 6.45) is 0.539. The summed E-state index contributed by atoms with van der Waals surface area (Å²) in [7, 11) is 0. The normalized spacial score (nSPS) is 9.75. The topological polar surface area (TPSA) is 52.6 Å². The van der Waals surface area contributed by atoms with Gasteiger partial charge < -0.3 is 9.47 Å². The zero-order valence-corrected chi connectivity index (χ0v) is 12.1. The summed E-state index contributed by atoms with van der Waals surface area (Å²) in [6.45, 7) is 5.73. The Hall–Kier alpha value is -2.10. The molecule has 0 aliphatic carbocycles. The van der Waals surface area contributed by atoms with Crippen molar-refractivity contribution in [2.45, 2.75) is 27.2 Å². The molecule has 1 aromatic carbocycles. The first-order chi connectivity index (χ1) is 9.65. The van der Waals surface area contributed by atoms with E-state index < -0.39 is 11.9 Å². The molecule has 0 radical (unpaired) electrons. The summed E-state index contributed by atoms with van der Waals surface area (Å²) in [5.41, 5.74) is 1.45. The van der Waals surface area contributed by atoms with Crippen LogP contribution in [0, 0.1) is 0 Å². The van der Waals surface area contributed by atoms with Crippen LogP contribution in [0.3, 0.4) is 0 Å². The summed E-state index contributed by atoms with van der Waals surface area (Å²) in [4.78, 5) is 24.1. The number of benzene rings is 1. The molecule has 0 aliphatic heterocycles. The Morgan fingerprint density at radius 1 is 0.900 bits per heavy atom. The van der Waals surface area contributed by atoms with Crippen LogP contribution in [0.2, 0.25) is 0 Å². The third-order valence-corrected chi connectivity index (χ3v) is 2.74. The van der Waals surface area contributed by atoms with Gasteiger partial charge in [-0.25, -0.2) is 9.59 Å². The molecule has 0 saturated carbocycles. The second-order valence-corrected chi connectivity index (χ2v) is 4.01. The largest absolute Gasteiger partial charge is 0.462 e. The standard InChI is InChI=1S/C16H20O4/c1-4-13(12-10-8-7-9-11-12)14(15(17)19-5-2)16(18)20-6-3/h7-11H,4-6H2,1-3H3. The van der Waals surface area contributed by atoms with E-state index in [9.17, 15) is 9.59 Å². The molecule has 1 aromatic rings. The summed E-state index contributed by atoms with van der Waals surface area (Å²) in [5, 5.41) is 0. The van der Waals surface area contributed by atoms with Crippen molar-refractivity contribution in [2.24, 2.45) is 0 Å². The molecule has 20 heavy (non-hydrogen) atoms. The summed E-state index contributed by atoms with van der Waals surface area (Å²) in [5.74, 6) is -1.27. The van der Waals surface area contributed by atoms with E-state index in [0.717, 1.165) is 5.56 Å². The van der Waals surface area contributed by atoms with Gasteiger partial charge >= 0.3 is 11.9 Å². The van der Waals surface area contributed by atoms with Crippen LogP contribution in [0.5, 0.6) is 0 Å². The van der Waals surface area contributed by atoms with Gasteiger partial charge in [0.15, 0.2) is 0 Å². The van der Waals surface area contributed by atoms with E-state index in [2.05, 4.69) is 0 Å². The highest BCUT2D eigenvalue weighted by atomic mass is 16.6. The molecule has 0 fully saturated rings. The van der Waals surface area contributed by atoms with Crippen molar-refractivity contribution in [3.8, 4) is 0 Å². The third-order valence-electron chi connectivity index (χ3n) is 2.74. The lowest BCUT2D eigenvalue weighted by molar-refractivity contribution is -0.146. The fourth-order valence-electron chi connectivity index (χ4n) is 1.90. The van der Waals surface area contributed by atoms with Gasteiger partial charge in [0, 0.05) is 0 Å². The van der Waals surface area contributed by atoms with Crippen molar-refractivity contribution in [3.63, 3.8) is 0 Å². The maximum Gasteiger partial charge on any atom is 0.345 e. The average molecular weight is 276 g/mol. The summed E-state index contributed by atoms with van der Waals surface area (Å²) in [6, 6.07) is 9.32. The van der Waals surface area contributed by atoms with Gasteiger partial charge in [-0.1, -0.05) is 37.3 Å². The molecule has 0 aliphatic rings. The van der Waals surface area contributed by atoms with Gasteiger partial charge in [-0.3, -0.25) is 0 Å². The van der Waals surface area contributed by atoms with Crippen molar-refractivity contribution in [1.82, 2.24) is 0 Å². The molecule has 1 rings (SSSR count). The quantitative estimate of drug-likeness (QED) is 0.347. The first kappa shape index (κ1) is 16.0. The van der Waals surface area contributed by atoms with Crippen LogP contribution in [-0.4, -0.2) is 25.2 Å². The molecule has 4 nitrogen and oxygen atoms in total. The molecule has 0 spiro atoms. The van der Waals surface area contributed by atoms with Crippen molar-refractivity contribution >= 4 is 17.5 Å². The predicted molar refractivity (Wildman–Crippen MR) is 76.9 cm³/mol. The molecule has 0 bridgehead atoms. The number of allylic oxidation sites excluding steroid dienone is 1. The molecule has 0 amide bonds. The fourth-order valence-corrected chi connectivity index (χ4v) is 1.90. The third kappa shape index (κ3) is 3.95. The van der Waals surface area contributed by atoms with E-state index in [1.54, 1.807) is 13.8 Å². The van der Waals surface area contributed by atoms with Crippen LogP contribution < -0.4 is 0 Å². The lowest BCUT2D eigenvalue weighted by atomic mass is 9.97. The van der Waals surface area contributed by atoms with Gasteiger partial charge in [0.1, 0.15) is 5.57 Å². The van der Waals surface area contributed by atoms with Crippen LogP contribution >= 0.6 is 0 Å². The van der Waals surface area contributed by atoms with E-state index in [4.69, 9.17) is 9.47 Å². The fraction of sp³-hybridized carbons (Fsp3) is 0.375. The minimum Gasteiger partial charge on any atom is -0.462 e. The second kappa shape index (κ2) is 8.15. The smallest absolute Gasteiger partial charge is 0.345 e. The number of carbonyl (C=O) groups excluding carboxylic acids is 2. The SMILES string of the molecule is CCOC(=O)C(C(=O)OCC)=C(CC)c1ccccc1. The highest BCUT2D eigenvalue weighted by Gasteiger charge is 2.25. The van der Waals surface area contributed by atoms with Gasteiger partial charge in [-0.2, -0.15) is 0 Å². The van der Waals surface area contributed by atoms with Gasteiger partial charge in [-0.15, -0.1) is 0 Å². The Labute approximate surface area is 119 Å². The molecular formula is C16H20O4. The molecule has 4 heteroatoms. The number of esters is 2. The van der Waals surface area contributed by atoms with Gasteiger partial charge in [0.2, 0.25) is 0 Å². The number of rotatable bonds is 6. The Morgan fingerprint density at radius 2 is 1.40 bits per heavy atom. The lowest BCUT2D eigenvalue weighted by Gasteiger charge is -2.12. The lowest BCUT2D eigenvalue weighted by Crippen LogP contribution is -2.20. The van der Waals surface area contributed by atoms with Crippen molar-refractivity contribution in [2.75, 3.05) is 13.2 Å². The zero-order chi connectivity index (χ0) is 15.0. The Bertz CT molecular complexity index is 468. The summed E-state index contributed by atoms with van der Waals surface area (Å²) >= 11 is 0. The van der Waals surface area contributed by atoms with Crippen LogP contribution in [0.25, 0.3) is 5.57 Å². The molecule has 0 N–H and O–H groups in total. The molecular weight excluding hydrogens is 256 g/mol.